The quantitative estimate of drug-likeness (QED) is 0.510. The number of benzene rings is 2. The Kier molecular flexibility index (Phi) is 5.09. The van der Waals surface area contributed by atoms with Gasteiger partial charge in [0.25, 0.3) is 5.91 Å². The van der Waals surface area contributed by atoms with Crippen LogP contribution < -0.4 is 9.46 Å². The first-order valence-electron chi connectivity index (χ1n) is 9.17. The van der Waals surface area contributed by atoms with Crippen LogP contribution in [0.25, 0.3) is 22.2 Å². The average molecular weight is 424 g/mol. The lowest BCUT2D eigenvalue weighted by atomic mass is 10.1. The maximum absolute atomic E-state index is 12.0. The normalized spacial score (nSPS) is 11.5. The Morgan fingerprint density at radius 3 is 2.53 bits per heavy atom. The number of amides is 1. The summed E-state index contributed by atoms with van der Waals surface area (Å²) in [6.45, 7) is 0.367. The van der Waals surface area contributed by atoms with Crippen LogP contribution in [0.2, 0.25) is 0 Å². The summed E-state index contributed by atoms with van der Waals surface area (Å²) in [5, 5.41) is 1.01. The second-order valence-corrected chi connectivity index (χ2v) is 8.62. The lowest BCUT2D eigenvalue weighted by molar-refractivity contribution is 0.0953. The molecule has 0 bridgehead atoms. The van der Waals surface area contributed by atoms with Gasteiger partial charge in [0.05, 0.1) is 19.9 Å². The van der Waals surface area contributed by atoms with E-state index >= 15 is 0 Å². The van der Waals surface area contributed by atoms with Gasteiger partial charge < -0.3 is 13.7 Å². The van der Waals surface area contributed by atoms with E-state index in [1.165, 1.54) is 6.07 Å². The summed E-state index contributed by atoms with van der Waals surface area (Å²) in [6.07, 6.45) is 0.918. The second-order valence-electron chi connectivity index (χ2n) is 6.88. The lowest BCUT2D eigenvalue weighted by Crippen LogP contribution is -2.28. The Balaban J connectivity index is 1.74. The zero-order valence-electron chi connectivity index (χ0n) is 16.5. The molecule has 0 atom stereocenters. The van der Waals surface area contributed by atoms with Crippen LogP contribution in [0.3, 0.4) is 0 Å². The average Bonchev–Trinajstić information content (AvgIpc) is 3.32. The molecule has 0 aliphatic heterocycles. The number of carbonyl (C=O) groups is 1. The smallest absolute Gasteiger partial charge is 0.300 e. The molecular formula is C22H20N2O5S. The number of rotatable bonds is 6. The Bertz CT molecular complexity index is 1320. The van der Waals surface area contributed by atoms with Crippen molar-refractivity contribution in [1.29, 1.82) is 0 Å². The van der Waals surface area contributed by atoms with Crippen molar-refractivity contribution in [2.45, 2.75) is 6.54 Å². The van der Waals surface area contributed by atoms with E-state index in [-0.39, 0.29) is 5.76 Å². The van der Waals surface area contributed by atoms with Crippen LogP contribution in [-0.2, 0) is 16.6 Å². The van der Waals surface area contributed by atoms with Crippen LogP contribution >= 0.6 is 0 Å². The van der Waals surface area contributed by atoms with E-state index in [1.54, 1.807) is 13.2 Å². The molecule has 7 nitrogen and oxygen atoms in total. The molecule has 0 unspecified atom stereocenters. The molecule has 4 rings (SSSR count). The SMILES string of the molecule is COc1ccc2c(c1)cc(-c1ccccc1)n2Cc1ccc(C(=O)NS(C)(=O)=O)o1. The zero-order valence-corrected chi connectivity index (χ0v) is 17.3. The third kappa shape index (κ3) is 4.08. The van der Waals surface area contributed by atoms with Crippen LogP contribution in [-0.4, -0.2) is 32.3 Å². The number of furan rings is 1. The lowest BCUT2D eigenvalue weighted by Gasteiger charge is -2.10. The molecule has 0 saturated heterocycles. The summed E-state index contributed by atoms with van der Waals surface area (Å²) >= 11 is 0. The van der Waals surface area contributed by atoms with Gasteiger partial charge >= 0.3 is 0 Å². The third-order valence-electron chi connectivity index (χ3n) is 4.66. The second kappa shape index (κ2) is 7.72. The molecule has 30 heavy (non-hydrogen) atoms. The minimum absolute atomic E-state index is 0.0604. The van der Waals surface area contributed by atoms with Gasteiger partial charge in [0.2, 0.25) is 10.0 Å². The summed E-state index contributed by atoms with van der Waals surface area (Å²) in [5.41, 5.74) is 3.00. The Morgan fingerprint density at radius 1 is 1.07 bits per heavy atom. The van der Waals surface area contributed by atoms with Crippen LogP contribution in [0.15, 0.2) is 71.1 Å². The standard InChI is InChI=1S/C22H20N2O5S/c1-28-17-8-10-19-16(12-17)13-20(15-6-4-3-5-7-15)24(19)14-18-9-11-21(29-18)22(25)23-30(2,26)27/h3-13H,14H2,1-2H3,(H,23,25). The molecule has 0 aliphatic rings. The van der Waals surface area contributed by atoms with Crippen molar-refractivity contribution < 1.29 is 22.4 Å². The summed E-state index contributed by atoms with van der Waals surface area (Å²) in [5.74, 6) is 0.431. The molecular weight excluding hydrogens is 404 g/mol. The first-order chi connectivity index (χ1) is 14.3. The molecule has 1 N–H and O–H groups in total. The number of aromatic nitrogens is 1. The van der Waals surface area contributed by atoms with Gasteiger partial charge in [0.15, 0.2) is 5.76 Å². The first kappa shape index (κ1) is 19.8. The van der Waals surface area contributed by atoms with Crippen LogP contribution in [0, 0.1) is 0 Å². The predicted molar refractivity (Wildman–Crippen MR) is 114 cm³/mol. The van der Waals surface area contributed by atoms with Crippen molar-refractivity contribution in [3.05, 3.63) is 78.3 Å². The van der Waals surface area contributed by atoms with E-state index in [0.717, 1.165) is 34.2 Å². The van der Waals surface area contributed by atoms with Crippen molar-refractivity contribution in [2.24, 2.45) is 0 Å². The summed E-state index contributed by atoms with van der Waals surface area (Å²) in [7, 11) is -2.04. The highest BCUT2D eigenvalue weighted by Gasteiger charge is 2.17. The molecule has 0 spiro atoms. The van der Waals surface area contributed by atoms with E-state index in [2.05, 4.69) is 10.6 Å². The van der Waals surface area contributed by atoms with Gasteiger partial charge in [-0.2, -0.15) is 0 Å². The van der Waals surface area contributed by atoms with Gasteiger partial charge in [0.1, 0.15) is 11.5 Å². The van der Waals surface area contributed by atoms with Crippen molar-refractivity contribution in [3.8, 4) is 17.0 Å². The van der Waals surface area contributed by atoms with Gasteiger partial charge in [0, 0.05) is 16.6 Å². The maximum atomic E-state index is 12.0. The summed E-state index contributed by atoms with van der Waals surface area (Å²) < 4.78 is 37.5. The number of methoxy groups -OCH3 is 1. The van der Waals surface area contributed by atoms with Crippen molar-refractivity contribution in [3.63, 3.8) is 0 Å². The molecule has 0 aliphatic carbocycles. The molecule has 0 fully saturated rings. The van der Waals surface area contributed by atoms with Crippen molar-refractivity contribution in [2.75, 3.05) is 13.4 Å². The number of fused-ring (bicyclic) bond motifs is 1. The monoisotopic (exact) mass is 424 g/mol. The number of nitrogens with one attached hydrogen (secondary N) is 1. The van der Waals surface area contributed by atoms with Gasteiger partial charge in [-0.1, -0.05) is 30.3 Å². The highest BCUT2D eigenvalue weighted by Crippen LogP contribution is 2.31. The Hall–Kier alpha value is -3.52. The molecule has 0 radical (unpaired) electrons. The van der Waals surface area contributed by atoms with Gasteiger partial charge in [-0.05, 0) is 42.0 Å². The minimum atomic E-state index is -3.67. The zero-order chi connectivity index (χ0) is 21.3. The molecule has 2 aromatic heterocycles. The highest BCUT2D eigenvalue weighted by molar-refractivity contribution is 7.89. The largest absolute Gasteiger partial charge is 0.497 e. The fourth-order valence-corrected chi connectivity index (χ4v) is 3.79. The van der Waals surface area contributed by atoms with E-state index in [9.17, 15) is 13.2 Å². The minimum Gasteiger partial charge on any atom is -0.497 e. The van der Waals surface area contributed by atoms with Crippen LogP contribution in [0.4, 0.5) is 0 Å². The Labute approximate surface area is 173 Å². The number of nitrogens with zero attached hydrogens (tertiary/aromatic N) is 1. The van der Waals surface area contributed by atoms with E-state index < -0.39 is 15.9 Å². The van der Waals surface area contributed by atoms with Gasteiger partial charge in [-0.15, -0.1) is 0 Å². The molecule has 4 aromatic rings. The van der Waals surface area contributed by atoms with Crippen molar-refractivity contribution in [1.82, 2.24) is 9.29 Å². The molecule has 1 amide bonds. The fourth-order valence-electron chi connectivity index (χ4n) is 3.35. The van der Waals surface area contributed by atoms with Gasteiger partial charge in [-0.3, -0.25) is 4.79 Å². The van der Waals surface area contributed by atoms with Gasteiger partial charge in [-0.25, -0.2) is 13.1 Å². The fraction of sp³-hybridized carbons (Fsp3) is 0.136. The number of sulfonamides is 1. The summed E-state index contributed by atoms with van der Waals surface area (Å²) in [4.78, 5) is 12.0. The van der Waals surface area contributed by atoms with E-state index in [1.807, 2.05) is 53.3 Å². The maximum Gasteiger partial charge on any atom is 0.300 e. The third-order valence-corrected chi connectivity index (χ3v) is 5.21. The molecule has 154 valence electrons. The number of hydrogen-bond donors (Lipinski definition) is 1. The first-order valence-corrected chi connectivity index (χ1v) is 11.1. The number of hydrogen-bond acceptors (Lipinski definition) is 5. The van der Waals surface area contributed by atoms with Crippen LogP contribution in [0.1, 0.15) is 16.3 Å². The van der Waals surface area contributed by atoms with E-state index in [4.69, 9.17) is 9.15 Å². The molecule has 2 aromatic carbocycles. The number of carbonyl (C=O) groups excluding carboxylic acids is 1. The van der Waals surface area contributed by atoms with E-state index in [0.29, 0.717) is 12.3 Å². The molecule has 2 heterocycles. The Morgan fingerprint density at radius 2 is 1.83 bits per heavy atom. The topological polar surface area (TPSA) is 90.5 Å². The molecule has 8 heteroatoms. The predicted octanol–water partition coefficient (Wildman–Crippen LogP) is 3.65. The van der Waals surface area contributed by atoms with Crippen LogP contribution in [0.5, 0.6) is 5.75 Å². The number of ether oxygens (including phenoxy) is 1. The highest BCUT2D eigenvalue weighted by atomic mass is 32.2. The molecule has 0 saturated carbocycles. The summed E-state index contributed by atoms with van der Waals surface area (Å²) in [6, 6.07) is 21.0. The van der Waals surface area contributed by atoms with Crippen molar-refractivity contribution >= 4 is 26.8 Å².